The second-order valence-corrected chi connectivity index (χ2v) is 4.08. The average Bonchev–Trinajstić information content (AvgIpc) is 2.36. The standard InChI is InChI=1S/C12H11ClN4O/c1-8-12(18)15-11(17-16-8)7-14-6-9-4-2-3-5-10(9)13/h2-6H,7H2,1H3,(H,15,17,18). The zero-order valence-corrected chi connectivity index (χ0v) is 10.5. The van der Waals surface area contributed by atoms with Crippen LogP contribution in [0.1, 0.15) is 17.1 Å². The molecule has 92 valence electrons. The van der Waals surface area contributed by atoms with Crippen molar-refractivity contribution >= 4 is 17.8 Å². The minimum Gasteiger partial charge on any atom is -0.306 e. The fourth-order valence-corrected chi connectivity index (χ4v) is 1.49. The predicted octanol–water partition coefficient (Wildman–Crippen LogP) is 1.75. The third kappa shape index (κ3) is 3.01. The third-order valence-corrected chi connectivity index (χ3v) is 2.63. The van der Waals surface area contributed by atoms with Gasteiger partial charge in [-0.2, -0.15) is 0 Å². The maximum atomic E-state index is 11.3. The highest BCUT2D eigenvalue weighted by atomic mass is 35.5. The van der Waals surface area contributed by atoms with Crippen LogP contribution in [0.4, 0.5) is 0 Å². The van der Waals surface area contributed by atoms with Gasteiger partial charge in [-0.1, -0.05) is 29.8 Å². The van der Waals surface area contributed by atoms with Crippen molar-refractivity contribution in [1.29, 1.82) is 0 Å². The Balaban J connectivity index is 2.10. The number of nitrogens with one attached hydrogen (secondary N) is 1. The molecule has 18 heavy (non-hydrogen) atoms. The molecule has 0 bridgehead atoms. The van der Waals surface area contributed by atoms with Gasteiger partial charge in [-0.25, -0.2) is 0 Å². The first-order valence-corrected chi connectivity index (χ1v) is 5.71. The minimum atomic E-state index is -0.243. The van der Waals surface area contributed by atoms with Crippen LogP contribution in [0.5, 0.6) is 0 Å². The van der Waals surface area contributed by atoms with Gasteiger partial charge in [0.25, 0.3) is 5.56 Å². The number of aromatic nitrogens is 3. The normalized spacial score (nSPS) is 11.0. The first kappa shape index (κ1) is 12.4. The first-order chi connectivity index (χ1) is 8.66. The Morgan fingerprint density at radius 1 is 1.39 bits per heavy atom. The van der Waals surface area contributed by atoms with E-state index in [2.05, 4.69) is 20.2 Å². The Bertz CT molecular complexity index is 636. The lowest BCUT2D eigenvalue weighted by molar-refractivity contribution is 0.795. The van der Waals surface area contributed by atoms with Gasteiger partial charge in [-0.3, -0.25) is 9.79 Å². The highest BCUT2D eigenvalue weighted by Crippen LogP contribution is 2.12. The van der Waals surface area contributed by atoms with Gasteiger partial charge in [0.1, 0.15) is 5.69 Å². The van der Waals surface area contributed by atoms with E-state index >= 15 is 0 Å². The van der Waals surface area contributed by atoms with Crippen LogP contribution in [0.3, 0.4) is 0 Å². The number of rotatable bonds is 3. The molecule has 0 saturated heterocycles. The minimum absolute atomic E-state index is 0.243. The van der Waals surface area contributed by atoms with Gasteiger partial charge < -0.3 is 4.98 Å². The number of aliphatic imine (C=N–C) groups is 1. The Morgan fingerprint density at radius 2 is 2.17 bits per heavy atom. The van der Waals surface area contributed by atoms with Crippen molar-refractivity contribution in [3.05, 3.63) is 56.7 Å². The van der Waals surface area contributed by atoms with Crippen molar-refractivity contribution in [2.24, 2.45) is 4.99 Å². The SMILES string of the molecule is Cc1nnc(CN=Cc2ccccc2Cl)[nH]c1=O. The van der Waals surface area contributed by atoms with Gasteiger partial charge in [0, 0.05) is 16.8 Å². The van der Waals surface area contributed by atoms with Gasteiger partial charge in [0.2, 0.25) is 0 Å². The molecule has 0 spiro atoms. The van der Waals surface area contributed by atoms with Gasteiger partial charge in [0.15, 0.2) is 5.82 Å². The largest absolute Gasteiger partial charge is 0.306 e. The summed E-state index contributed by atoms with van der Waals surface area (Å²) in [6.07, 6.45) is 1.64. The quantitative estimate of drug-likeness (QED) is 0.857. The van der Waals surface area contributed by atoms with Crippen LogP contribution in [0.2, 0.25) is 5.02 Å². The molecule has 6 heteroatoms. The monoisotopic (exact) mass is 262 g/mol. The lowest BCUT2D eigenvalue weighted by atomic mass is 10.2. The molecule has 0 unspecified atom stereocenters. The molecule has 0 saturated carbocycles. The Labute approximate surface area is 109 Å². The number of hydrogen-bond donors (Lipinski definition) is 1. The number of nitrogens with zero attached hydrogens (tertiary/aromatic N) is 3. The summed E-state index contributed by atoms with van der Waals surface area (Å²) in [4.78, 5) is 18.1. The van der Waals surface area contributed by atoms with Crippen molar-refractivity contribution in [3.63, 3.8) is 0 Å². The second kappa shape index (κ2) is 5.55. The van der Waals surface area contributed by atoms with Crippen LogP contribution in [0, 0.1) is 6.92 Å². The molecule has 0 radical (unpaired) electrons. The molecule has 0 atom stereocenters. The Morgan fingerprint density at radius 3 is 2.89 bits per heavy atom. The van der Waals surface area contributed by atoms with Gasteiger partial charge in [-0.15, -0.1) is 10.2 Å². The van der Waals surface area contributed by atoms with E-state index in [1.165, 1.54) is 0 Å². The average molecular weight is 263 g/mol. The fraction of sp³-hybridized carbons (Fsp3) is 0.167. The van der Waals surface area contributed by atoms with Crippen LogP contribution in [0.15, 0.2) is 34.1 Å². The summed E-state index contributed by atoms with van der Waals surface area (Å²) in [6.45, 7) is 1.86. The lowest BCUT2D eigenvalue weighted by Gasteiger charge is -1.97. The number of H-pyrrole nitrogens is 1. The summed E-state index contributed by atoms with van der Waals surface area (Å²) in [5, 5.41) is 8.20. The maximum absolute atomic E-state index is 11.3. The van der Waals surface area contributed by atoms with Gasteiger partial charge in [-0.05, 0) is 13.0 Å². The molecule has 1 aromatic heterocycles. The van der Waals surface area contributed by atoms with Crippen molar-refractivity contribution in [3.8, 4) is 0 Å². The number of aromatic amines is 1. The van der Waals surface area contributed by atoms with Gasteiger partial charge >= 0.3 is 0 Å². The molecule has 1 heterocycles. The van der Waals surface area contributed by atoms with Crippen molar-refractivity contribution in [1.82, 2.24) is 15.2 Å². The van der Waals surface area contributed by atoms with E-state index in [-0.39, 0.29) is 12.1 Å². The van der Waals surface area contributed by atoms with E-state index in [1.807, 2.05) is 18.2 Å². The summed E-state index contributed by atoms with van der Waals surface area (Å²) >= 11 is 5.97. The lowest BCUT2D eigenvalue weighted by Crippen LogP contribution is -2.16. The predicted molar refractivity (Wildman–Crippen MR) is 70.1 cm³/mol. The third-order valence-electron chi connectivity index (χ3n) is 2.28. The number of hydrogen-bond acceptors (Lipinski definition) is 4. The second-order valence-electron chi connectivity index (χ2n) is 3.68. The van der Waals surface area contributed by atoms with E-state index < -0.39 is 0 Å². The van der Waals surface area contributed by atoms with Crippen LogP contribution in [0.25, 0.3) is 0 Å². The number of aryl methyl sites for hydroxylation is 1. The fourth-order valence-electron chi connectivity index (χ4n) is 1.31. The summed E-state index contributed by atoms with van der Waals surface area (Å²) in [5.41, 5.74) is 0.920. The molecular weight excluding hydrogens is 252 g/mol. The number of benzene rings is 1. The highest BCUT2D eigenvalue weighted by Gasteiger charge is 1.99. The highest BCUT2D eigenvalue weighted by molar-refractivity contribution is 6.33. The van der Waals surface area contributed by atoms with E-state index in [1.54, 1.807) is 19.2 Å². The van der Waals surface area contributed by atoms with Crippen molar-refractivity contribution < 1.29 is 0 Å². The Kier molecular flexibility index (Phi) is 3.84. The van der Waals surface area contributed by atoms with Crippen molar-refractivity contribution in [2.75, 3.05) is 0 Å². The van der Waals surface area contributed by atoms with Crippen LogP contribution < -0.4 is 5.56 Å². The zero-order valence-electron chi connectivity index (χ0n) is 9.72. The smallest absolute Gasteiger partial charge is 0.272 e. The van der Waals surface area contributed by atoms with Crippen LogP contribution >= 0.6 is 11.6 Å². The summed E-state index contributed by atoms with van der Waals surface area (Å²) in [5.74, 6) is 0.425. The molecule has 1 aromatic carbocycles. The molecule has 0 aliphatic rings. The molecule has 2 aromatic rings. The van der Waals surface area contributed by atoms with E-state index in [0.717, 1.165) is 5.56 Å². The topological polar surface area (TPSA) is 71.0 Å². The first-order valence-electron chi connectivity index (χ1n) is 5.33. The molecule has 0 aliphatic carbocycles. The van der Waals surface area contributed by atoms with Crippen LogP contribution in [-0.2, 0) is 6.54 Å². The zero-order chi connectivity index (χ0) is 13.0. The molecule has 2 rings (SSSR count). The maximum Gasteiger partial charge on any atom is 0.272 e. The summed E-state index contributed by atoms with van der Waals surface area (Å²) in [6, 6.07) is 7.37. The molecular formula is C12H11ClN4O. The van der Waals surface area contributed by atoms with E-state index in [0.29, 0.717) is 16.5 Å². The molecule has 5 nitrogen and oxygen atoms in total. The van der Waals surface area contributed by atoms with Crippen molar-refractivity contribution in [2.45, 2.75) is 13.5 Å². The Hall–Kier alpha value is -2.01. The number of halogens is 1. The van der Waals surface area contributed by atoms with E-state index in [9.17, 15) is 4.79 Å². The summed E-state index contributed by atoms with van der Waals surface area (Å²) in [7, 11) is 0. The summed E-state index contributed by atoms with van der Waals surface area (Å²) < 4.78 is 0. The molecule has 1 N–H and O–H groups in total. The van der Waals surface area contributed by atoms with Crippen LogP contribution in [-0.4, -0.2) is 21.4 Å². The van der Waals surface area contributed by atoms with Gasteiger partial charge in [0.05, 0.1) is 6.54 Å². The van der Waals surface area contributed by atoms with E-state index in [4.69, 9.17) is 11.6 Å². The molecule has 0 amide bonds. The molecule has 0 aliphatic heterocycles. The molecule has 0 fully saturated rings.